The highest BCUT2D eigenvalue weighted by atomic mass is 35.5. The van der Waals surface area contributed by atoms with Crippen molar-refractivity contribution in [2.24, 2.45) is 5.92 Å². The van der Waals surface area contributed by atoms with Crippen LogP contribution in [0, 0.1) is 5.92 Å². The van der Waals surface area contributed by atoms with Crippen molar-refractivity contribution >= 4 is 23.1 Å². The third kappa shape index (κ3) is 3.01. The third-order valence-electron chi connectivity index (χ3n) is 3.09. The minimum Gasteiger partial charge on any atom is -0.396 e. The Morgan fingerprint density at radius 1 is 1.59 bits per heavy atom. The Morgan fingerprint density at radius 3 is 3.18 bits per heavy atom. The van der Waals surface area contributed by atoms with E-state index in [1.165, 1.54) is 6.42 Å². The number of nitrogens with two attached hydrogens (primary N) is 1. The molecular formula is C12H18ClN3O. The van der Waals surface area contributed by atoms with Crippen LogP contribution in [0.15, 0.2) is 12.1 Å². The largest absolute Gasteiger partial charge is 0.396 e. The van der Waals surface area contributed by atoms with E-state index in [-0.39, 0.29) is 0 Å². The van der Waals surface area contributed by atoms with Gasteiger partial charge in [-0.15, -0.1) is 0 Å². The van der Waals surface area contributed by atoms with Gasteiger partial charge < -0.3 is 15.4 Å². The molecule has 17 heavy (non-hydrogen) atoms. The number of methoxy groups -OCH3 is 1. The molecule has 0 bridgehead atoms. The number of nitrogen functional groups attached to an aromatic ring is 1. The molecule has 0 amide bonds. The topological polar surface area (TPSA) is 51.4 Å². The number of hydrogen-bond donors (Lipinski definition) is 1. The molecule has 1 aliphatic rings. The molecule has 94 valence electrons. The fraction of sp³-hybridized carbons (Fsp3) is 0.583. The summed E-state index contributed by atoms with van der Waals surface area (Å²) < 4.78 is 5.22. The van der Waals surface area contributed by atoms with Gasteiger partial charge >= 0.3 is 0 Å². The molecule has 1 aromatic heterocycles. The highest BCUT2D eigenvalue weighted by Crippen LogP contribution is 2.27. The Morgan fingerprint density at radius 2 is 2.41 bits per heavy atom. The van der Waals surface area contributed by atoms with Gasteiger partial charge in [0, 0.05) is 20.2 Å². The molecule has 1 aromatic rings. The number of halogens is 1. The summed E-state index contributed by atoms with van der Waals surface area (Å²) in [5.41, 5.74) is 6.63. The van der Waals surface area contributed by atoms with Crippen LogP contribution in [0.25, 0.3) is 0 Å². The second-order valence-electron chi connectivity index (χ2n) is 4.46. The Hall–Kier alpha value is -1.00. The summed E-state index contributed by atoms with van der Waals surface area (Å²) in [4.78, 5) is 6.52. The van der Waals surface area contributed by atoms with E-state index >= 15 is 0 Å². The maximum atomic E-state index is 5.95. The van der Waals surface area contributed by atoms with E-state index in [0.29, 0.717) is 16.8 Å². The minimum atomic E-state index is 0.489. The van der Waals surface area contributed by atoms with Crippen molar-refractivity contribution in [3.8, 4) is 0 Å². The first kappa shape index (κ1) is 12.5. The predicted octanol–water partition coefficient (Wildman–Crippen LogP) is 2.18. The van der Waals surface area contributed by atoms with Crippen molar-refractivity contribution in [1.82, 2.24) is 4.98 Å². The van der Waals surface area contributed by atoms with Gasteiger partial charge in [0.1, 0.15) is 5.15 Å². The Bertz CT molecular complexity index is 384. The van der Waals surface area contributed by atoms with E-state index in [1.807, 2.05) is 6.07 Å². The van der Waals surface area contributed by atoms with Gasteiger partial charge in [0.2, 0.25) is 0 Å². The first-order valence-corrected chi connectivity index (χ1v) is 6.24. The molecule has 2 heterocycles. The summed E-state index contributed by atoms with van der Waals surface area (Å²) in [5.74, 6) is 1.35. The summed E-state index contributed by atoms with van der Waals surface area (Å²) >= 11 is 5.92. The van der Waals surface area contributed by atoms with Crippen molar-refractivity contribution in [2.45, 2.75) is 12.8 Å². The first-order chi connectivity index (χ1) is 8.20. The summed E-state index contributed by atoms with van der Waals surface area (Å²) in [6.07, 6.45) is 2.34. The number of aromatic nitrogens is 1. The van der Waals surface area contributed by atoms with E-state index in [1.54, 1.807) is 13.2 Å². The monoisotopic (exact) mass is 255 g/mol. The Labute approximate surface area is 107 Å². The number of pyridine rings is 1. The summed E-state index contributed by atoms with van der Waals surface area (Å²) in [6, 6.07) is 3.53. The number of ether oxygens (including phenoxy) is 1. The lowest BCUT2D eigenvalue weighted by Crippen LogP contribution is -2.38. The van der Waals surface area contributed by atoms with Crippen molar-refractivity contribution in [1.29, 1.82) is 0 Å². The van der Waals surface area contributed by atoms with Gasteiger partial charge in [-0.2, -0.15) is 0 Å². The Balaban J connectivity index is 2.13. The van der Waals surface area contributed by atoms with E-state index in [0.717, 1.165) is 31.9 Å². The molecule has 1 unspecified atom stereocenters. The van der Waals surface area contributed by atoms with Gasteiger partial charge in [0.05, 0.1) is 12.3 Å². The number of nitrogens with zero attached hydrogens (tertiary/aromatic N) is 2. The van der Waals surface area contributed by atoms with Crippen LogP contribution in [0.3, 0.4) is 0 Å². The standard InChI is InChI=1S/C12H18ClN3O/c1-17-8-9-3-2-6-16(7-9)12-10(14)4-5-11(13)15-12/h4-5,9H,2-3,6-8,14H2,1H3. The SMILES string of the molecule is COCC1CCCN(c2nc(Cl)ccc2N)C1. The van der Waals surface area contributed by atoms with Crippen LogP contribution in [0.4, 0.5) is 11.5 Å². The number of hydrogen-bond acceptors (Lipinski definition) is 4. The molecule has 1 aliphatic heterocycles. The van der Waals surface area contributed by atoms with Crippen LogP contribution in [0.5, 0.6) is 0 Å². The van der Waals surface area contributed by atoms with Gasteiger partial charge in [-0.05, 0) is 30.9 Å². The van der Waals surface area contributed by atoms with Gasteiger partial charge in [-0.1, -0.05) is 11.6 Å². The van der Waals surface area contributed by atoms with Crippen LogP contribution < -0.4 is 10.6 Å². The van der Waals surface area contributed by atoms with Gasteiger partial charge in [-0.25, -0.2) is 4.98 Å². The molecule has 0 spiro atoms. The molecule has 0 saturated carbocycles. The van der Waals surface area contributed by atoms with Crippen LogP contribution in [-0.2, 0) is 4.74 Å². The average molecular weight is 256 g/mol. The van der Waals surface area contributed by atoms with E-state index in [9.17, 15) is 0 Å². The Kier molecular flexibility index (Phi) is 4.07. The molecule has 4 nitrogen and oxygen atoms in total. The van der Waals surface area contributed by atoms with Crippen LogP contribution in [-0.4, -0.2) is 31.8 Å². The van der Waals surface area contributed by atoms with Crippen molar-refractivity contribution < 1.29 is 4.74 Å². The van der Waals surface area contributed by atoms with E-state index in [2.05, 4.69) is 9.88 Å². The summed E-state index contributed by atoms with van der Waals surface area (Å²) in [6.45, 7) is 2.71. The molecule has 2 N–H and O–H groups in total. The highest BCUT2D eigenvalue weighted by Gasteiger charge is 2.22. The van der Waals surface area contributed by atoms with Crippen LogP contribution >= 0.6 is 11.6 Å². The van der Waals surface area contributed by atoms with Crippen molar-refractivity contribution in [3.05, 3.63) is 17.3 Å². The molecule has 0 radical (unpaired) electrons. The zero-order chi connectivity index (χ0) is 12.3. The maximum absolute atomic E-state index is 5.95. The minimum absolute atomic E-state index is 0.489. The molecule has 1 fully saturated rings. The quantitative estimate of drug-likeness (QED) is 0.842. The number of piperidine rings is 1. The van der Waals surface area contributed by atoms with Crippen molar-refractivity contribution in [3.63, 3.8) is 0 Å². The molecule has 0 aromatic carbocycles. The third-order valence-corrected chi connectivity index (χ3v) is 3.30. The molecule has 1 saturated heterocycles. The highest BCUT2D eigenvalue weighted by molar-refractivity contribution is 6.29. The molecular weight excluding hydrogens is 238 g/mol. The van der Waals surface area contributed by atoms with Crippen molar-refractivity contribution in [2.75, 3.05) is 37.4 Å². The zero-order valence-electron chi connectivity index (χ0n) is 10.0. The lowest BCUT2D eigenvalue weighted by atomic mass is 9.99. The predicted molar refractivity (Wildman–Crippen MR) is 70.5 cm³/mol. The fourth-order valence-corrected chi connectivity index (χ4v) is 2.46. The molecule has 5 heteroatoms. The fourth-order valence-electron chi connectivity index (χ4n) is 2.32. The van der Waals surface area contributed by atoms with Crippen LogP contribution in [0.1, 0.15) is 12.8 Å². The second kappa shape index (κ2) is 5.56. The van der Waals surface area contributed by atoms with E-state index in [4.69, 9.17) is 22.1 Å². The van der Waals surface area contributed by atoms with Gasteiger partial charge in [0.25, 0.3) is 0 Å². The lowest BCUT2D eigenvalue weighted by Gasteiger charge is -2.33. The molecule has 0 aliphatic carbocycles. The number of rotatable bonds is 3. The second-order valence-corrected chi connectivity index (χ2v) is 4.84. The van der Waals surface area contributed by atoms with Gasteiger partial charge in [-0.3, -0.25) is 0 Å². The summed E-state index contributed by atoms with van der Waals surface area (Å²) in [5, 5.41) is 0.489. The van der Waals surface area contributed by atoms with E-state index < -0.39 is 0 Å². The zero-order valence-corrected chi connectivity index (χ0v) is 10.8. The van der Waals surface area contributed by atoms with Gasteiger partial charge in [0.15, 0.2) is 5.82 Å². The molecule has 1 atom stereocenters. The normalized spacial score (nSPS) is 20.6. The number of anilines is 2. The summed E-state index contributed by atoms with van der Waals surface area (Å²) in [7, 11) is 1.74. The lowest BCUT2D eigenvalue weighted by molar-refractivity contribution is 0.143. The average Bonchev–Trinajstić information content (AvgIpc) is 2.33. The maximum Gasteiger partial charge on any atom is 0.153 e. The first-order valence-electron chi connectivity index (χ1n) is 5.86. The molecule has 2 rings (SSSR count). The van der Waals surface area contributed by atoms with Crippen LogP contribution in [0.2, 0.25) is 5.15 Å². The smallest absolute Gasteiger partial charge is 0.153 e.